The summed E-state index contributed by atoms with van der Waals surface area (Å²) in [5.74, 6) is 0. The first-order chi connectivity index (χ1) is 7.18. The van der Waals surface area contributed by atoms with Crippen molar-refractivity contribution in [3.8, 4) is 0 Å². The zero-order valence-corrected chi connectivity index (χ0v) is 9.29. The number of ether oxygens (including phenoxy) is 1. The van der Waals surface area contributed by atoms with Gasteiger partial charge in [-0.2, -0.15) is 0 Å². The number of amides is 1. The molecule has 1 rings (SSSR count). The van der Waals surface area contributed by atoms with Crippen molar-refractivity contribution in [3.05, 3.63) is 0 Å². The lowest BCUT2D eigenvalue weighted by Gasteiger charge is -2.17. The molecule has 2 atom stereocenters. The summed E-state index contributed by atoms with van der Waals surface area (Å²) >= 11 is 0. The van der Waals surface area contributed by atoms with E-state index >= 15 is 0 Å². The van der Waals surface area contributed by atoms with Crippen molar-refractivity contribution in [3.63, 3.8) is 0 Å². The lowest BCUT2D eigenvalue weighted by molar-refractivity contribution is 0.156. The minimum absolute atomic E-state index is 0.345. The van der Waals surface area contributed by atoms with Gasteiger partial charge >= 0.3 is 6.09 Å². The molecule has 1 heterocycles. The van der Waals surface area contributed by atoms with Gasteiger partial charge in [0, 0.05) is 18.6 Å². The molecule has 2 unspecified atom stereocenters. The fraction of sp³-hybridized carbons (Fsp3) is 0.900. The quantitative estimate of drug-likeness (QED) is 0.553. The molecule has 88 valence electrons. The van der Waals surface area contributed by atoms with E-state index < -0.39 is 6.09 Å². The highest BCUT2D eigenvalue weighted by Gasteiger charge is 2.16. The third kappa shape index (κ3) is 5.59. The first-order valence-corrected chi connectivity index (χ1v) is 5.57. The Bertz CT molecular complexity index is 193. The standard InChI is InChI=1S/C10H21N3O2/c1-8(7-9-3-2-4-13-9)12-5-6-15-10(11)14/h8-9,12-13H,2-7H2,1H3,(H2,11,14). The number of primary amides is 1. The van der Waals surface area contributed by atoms with Crippen LogP contribution in [0.2, 0.25) is 0 Å². The average Bonchev–Trinajstić information content (AvgIpc) is 2.64. The summed E-state index contributed by atoms with van der Waals surface area (Å²) in [4.78, 5) is 10.3. The molecule has 0 aromatic heterocycles. The van der Waals surface area contributed by atoms with Crippen LogP contribution in [0.1, 0.15) is 26.2 Å². The molecule has 0 saturated carbocycles. The first-order valence-electron chi connectivity index (χ1n) is 5.57. The van der Waals surface area contributed by atoms with Crippen molar-refractivity contribution < 1.29 is 9.53 Å². The number of hydrogen-bond acceptors (Lipinski definition) is 4. The number of carbonyl (C=O) groups excluding carboxylic acids is 1. The van der Waals surface area contributed by atoms with E-state index in [1.807, 2.05) is 0 Å². The Morgan fingerprint density at radius 3 is 3.13 bits per heavy atom. The summed E-state index contributed by atoms with van der Waals surface area (Å²) in [5, 5.41) is 6.74. The fourth-order valence-electron chi connectivity index (χ4n) is 1.92. The first kappa shape index (κ1) is 12.3. The molecule has 1 aliphatic rings. The largest absolute Gasteiger partial charge is 0.448 e. The van der Waals surface area contributed by atoms with Crippen LogP contribution < -0.4 is 16.4 Å². The van der Waals surface area contributed by atoms with Crippen molar-refractivity contribution in [1.82, 2.24) is 10.6 Å². The van der Waals surface area contributed by atoms with Gasteiger partial charge in [0.2, 0.25) is 0 Å². The molecule has 0 aromatic carbocycles. The van der Waals surface area contributed by atoms with Gasteiger partial charge in [-0.3, -0.25) is 0 Å². The molecule has 0 bridgehead atoms. The highest BCUT2D eigenvalue weighted by Crippen LogP contribution is 2.10. The van der Waals surface area contributed by atoms with Gasteiger partial charge in [-0.1, -0.05) is 0 Å². The van der Waals surface area contributed by atoms with E-state index in [0.717, 1.165) is 13.0 Å². The Hall–Kier alpha value is -0.810. The predicted octanol–water partition coefficient (Wildman–Crippen LogP) is 0.202. The summed E-state index contributed by atoms with van der Waals surface area (Å²) in [6.07, 6.45) is 2.96. The molecule has 0 spiro atoms. The van der Waals surface area contributed by atoms with Gasteiger partial charge in [0.05, 0.1) is 0 Å². The van der Waals surface area contributed by atoms with Gasteiger partial charge < -0.3 is 21.1 Å². The number of hydrogen-bond donors (Lipinski definition) is 3. The smallest absolute Gasteiger partial charge is 0.404 e. The van der Waals surface area contributed by atoms with Gasteiger partial charge in [-0.15, -0.1) is 0 Å². The highest BCUT2D eigenvalue weighted by atomic mass is 16.5. The molecule has 15 heavy (non-hydrogen) atoms. The van der Waals surface area contributed by atoms with Crippen molar-refractivity contribution in [2.45, 2.75) is 38.3 Å². The summed E-state index contributed by atoms with van der Waals surface area (Å²) in [7, 11) is 0. The number of rotatable bonds is 6. The minimum atomic E-state index is -0.707. The molecule has 5 heteroatoms. The topological polar surface area (TPSA) is 76.4 Å². The Labute approximate surface area is 90.7 Å². The minimum Gasteiger partial charge on any atom is -0.448 e. The van der Waals surface area contributed by atoms with E-state index in [4.69, 9.17) is 5.73 Å². The van der Waals surface area contributed by atoms with Crippen molar-refractivity contribution >= 4 is 6.09 Å². The molecule has 0 radical (unpaired) electrons. The zero-order chi connectivity index (χ0) is 11.1. The van der Waals surface area contributed by atoms with Gasteiger partial charge in [-0.25, -0.2) is 4.79 Å². The normalized spacial score (nSPS) is 22.6. The van der Waals surface area contributed by atoms with Crippen LogP contribution in [-0.2, 0) is 4.74 Å². The van der Waals surface area contributed by atoms with E-state index in [1.54, 1.807) is 0 Å². The Balaban J connectivity index is 1.97. The molecular weight excluding hydrogens is 194 g/mol. The molecule has 4 N–H and O–H groups in total. The van der Waals surface area contributed by atoms with Crippen molar-refractivity contribution in [2.75, 3.05) is 19.7 Å². The molecule has 5 nitrogen and oxygen atoms in total. The number of nitrogens with two attached hydrogens (primary N) is 1. The Kier molecular flexibility index (Phi) is 5.42. The second-order valence-corrected chi connectivity index (χ2v) is 4.05. The van der Waals surface area contributed by atoms with Gasteiger partial charge in [0.25, 0.3) is 0 Å². The third-order valence-corrected chi connectivity index (χ3v) is 2.64. The predicted molar refractivity (Wildman–Crippen MR) is 58.6 cm³/mol. The van der Waals surface area contributed by atoms with E-state index in [2.05, 4.69) is 22.3 Å². The Morgan fingerprint density at radius 1 is 1.73 bits per heavy atom. The molecule has 1 amide bonds. The SMILES string of the molecule is CC(CC1CCCN1)NCCOC(N)=O. The molecular formula is C10H21N3O2. The van der Waals surface area contributed by atoms with Crippen LogP contribution in [0.4, 0.5) is 4.79 Å². The van der Waals surface area contributed by atoms with Crippen LogP contribution in [0.25, 0.3) is 0 Å². The van der Waals surface area contributed by atoms with Crippen molar-refractivity contribution in [2.24, 2.45) is 5.73 Å². The maximum absolute atomic E-state index is 10.3. The molecule has 0 aliphatic carbocycles. The monoisotopic (exact) mass is 215 g/mol. The maximum atomic E-state index is 10.3. The lowest BCUT2D eigenvalue weighted by Crippen LogP contribution is -2.36. The van der Waals surface area contributed by atoms with E-state index in [0.29, 0.717) is 25.2 Å². The summed E-state index contributed by atoms with van der Waals surface area (Å²) in [6, 6.07) is 1.08. The van der Waals surface area contributed by atoms with Crippen LogP contribution in [0.3, 0.4) is 0 Å². The average molecular weight is 215 g/mol. The van der Waals surface area contributed by atoms with Crippen LogP contribution in [0.15, 0.2) is 0 Å². The molecule has 1 fully saturated rings. The van der Waals surface area contributed by atoms with Crippen LogP contribution >= 0.6 is 0 Å². The fourth-order valence-corrected chi connectivity index (χ4v) is 1.92. The zero-order valence-electron chi connectivity index (χ0n) is 9.29. The Morgan fingerprint density at radius 2 is 2.53 bits per heavy atom. The highest BCUT2D eigenvalue weighted by molar-refractivity contribution is 5.64. The molecule has 0 aromatic rings. The third-order valence-electron chi connectivity index (χ3n) is 2.64. The number of nitrogens with one attached hydrogen (secondary N) is 2. The summed E-state index contributed by atoms with van der Waals surface area (Å²) in [5.41, 5.74) is 4.84. The number of carbonyl (C=O) groups is 1. The lowest BCUT2D eigenvalue weighted by atomic mass is 10.1. The maximum Gasteiger partial charge on any atom is 0.404 e. The van der Waals surface area contributed by atoms with Gasteiger partial charge in [-0.05, 0) is 32.7 Å². The summed E-state index contributed by atoms with van der Waals surface area (Å²) in [6.45, 7) is 4.29. The summed E-state index contributed by atoms with van der Waals surface area (Å²) < 4.78 is 4.62. The van der Waals surface area contributed by atoms with Crippen LogP contribution in [-0.4, -0.2) is 37.9 Å². The molecule has 1 aliphatic heterocycles. The second-order valence-electron chi connectivity index (χ2n) is 4.05. The van der Waals surface area contributed by atoms with E-state index in [9.17, 15) is 4.79 Å². The van der Waals surface area contributed by atoms with E-state index in [-0.39, 0.29) is 0 Å². The van der Waals surface area contributed by atoms with Gasteiger partial charge in [0.1, 0.15) is 6.61 Å². The van der Waals surface area contributed by atoms with E-state index in [1.165, 1.54) is 12.8 Å². The second kappa shape index (κ2) is 6.63. The molecule has 1 saturated heterocycles. The van der Waals surface area contributed by atoms with Gasteiger partial charge in [0.15, 0.2) is 0 Å². The van der Waals surface area contributed by atoms with Crippen molar-refractivity contribution in [1.29, 1.82) is 0 Å². The van der Waals surface area contributed by atoms with Crippen LogP contribution in [0.5, 0.6) is 0 Å². The van der Waals surface area contributed by atoms with Crippen LogP contribution in [0, 0.1) is 0 Å².